The molecule has 7 heteroatoms. The van der Waals surface area contributed by atoms with Gasteiger partial charge in [0.2, 0.25) is 5.76 Å². The molecule has 1 aliphatic rings. The highest BCUT2D eigenvalue weighted by Gasteiger charge is 2.25. The van der Waals surface area contributed by atoms with E-state index in [-0.39, 0.29) is 17.7 Å². The first kappa shape index (κ1) is 15.6. The number of benzene rings is 1. The van der Waals surface area contributed by atoms with Crippen molar-refractivity contribution in [2.45, 2.75) is 38.8 Å². The Kier molecular flexibility index (Phi) is 4.05. The summed E-state index contributed by atoms with van der Waals surface area (Å²) in [6.45, 7) is 2.75. The second-order valence-corrected chi connectivity index (χ2v) is 6.15. The van der Waals surface area contributed by atoms with Crippen LogP contribution in [0.5, 0.6) is 0 Å². The van der Waals surface area contributed by atoms with Crippen LogP contribution in [0.4, 0.5) is 0 Å². The molecule has 4 rings (SSSR count). The van der Waals surface area contributed by atoms with Crippen LogP contribution in [0.15, 0.2) is 40.9 Å². The van der Waals surface area contributed by atoms with Crippen molar-refractivity contribution in [3.63, 3.8) is 0 Å². The van der Waals surface area contributed by atoms with E-state index in [9.17, 15) is 4.79 Å². The van der Waals surface area contributed by atoms with Crippen molar-refractivity contribution in [2.75, 3.05) is 0 Å². The first-order chi connectivity index (χ1) is 12.2. The summed E-state index contributed by atoms with van der Waals surface area (Å²) in [6, 6.07) is 11.4. The molecule has 0 aliphatic carbocycles. The zero-order valence-electron chi connectivity index (χ0n) is 14.0. The number of rotatable bonds is 4. The molecule has 1 amide bonds. The smallest absolute Gasteiger partial charge is 0.290 e. The standard InChI is InChI=1S/C18H19N5O2/c1-2-16-20-21-17-9-8-13(11-23(16)17)19-18(24)15-10-14(22-25-15)12-6-4-3-5-7-12/h3-7,10,13H,2,8-9,11H2,1H3,(H,19,24)/t13-/m1/s1. The molecule has 2 aromatic heterocycles. The molecule has 3 aromatic rings. The van der Waals surface area contributed by atoms with Gasteiger partial charge in [-0.3, -0.25) is 4.79 Å². The zero-order chi connectivity index (χ0) is 17.2. The third kappa shape index (κ3) is 3.05. The molecule has 7 nitrogen and oxygen atoms in total. The maximum Gasteiger partial charge on any atom is 0.290 e. The van der Waals surface area contributed by atoms with Crippen LogP contribution in [-0.4, -0.2) is 31.9 Å². The minimum absolute atomic E-state index is 0.0339. The lowest BCUT2D eigenvalue weighted by Gasteiger charge is -2.24. The Morgan fingerprint density at radius 2 is 2.16 bits per heavy atom. The summed E-state index contributed by atoms with van der Waals surface area (Å²) in [5.74, 6) is 1.94. The number of nitrogens with one attached hydrogen (secondary N) is 1. The average molecular weight is 337 g/mol. The fraction of sp³-hybridized carbons (Fsp3) is 0.333. The Morgan fingerprint density at radius 1 is 1.32 bits per heavy atom. The van der Waals surface area contributed by atoms with Crippen molar-refractivity contribution in [3.05, 3.63) is 53.8 Å². The minimum atomic E-state index is -0.241. The Bertz CT molecular complexity index is 871. The number of carbonyl (C=O) groups excluding carboxylic acids is 1. The normalized spacial score (nSPS) is 16.4. The Morgan fingerprint density at radius 3 is 2.96 bits per heavy atom. The van der Waals surface area contributed by atoms with Crippen LogP contribution >= 0.6 is 0 Å². The molecule has 25 heavy (non-hydrogen) atoms. The van der Waals surface area contributed by atoms with Crippen LogP contribution in [0.3, 0.4) is 0 Å². The summed E-state index contributed by atoms with van der Waals surface area (Å²) in [6.07, 6.45) is 2.48. The van der Waals surface area contributed by atoms with E-state index in [1.165, 1.54) is 0 Å². The van der Waals surface area contributed by atoms with E-state index in [0.717, 1.165) is 36.5 Å². The van der Waals surface area contributed by atoms with Crippen LogP contribution in [0, 0.1) is 0 Å². The van der Waals surface area contributed by atoms with Crippen molar-refractivity contribution < 1.29 is 9.32 Å². The first-order valence-electron chi connectivity index (χ1n) is 8.48. The summed E-state index contributed by atoms with van der Waals surface area (Å²) >= 11 is 0. The molecule has 0 bridgehead atoms. The second-order valence-electron chi connectivity index (χ2n) is 6.15. The van der Waals surface area contributed by atoms with Crippen LogP contribution < -0.4 is 5.32 Å². The topological polar surface area (TPSA) is 85.8 Å². The van der Waals surface area contributed by atoms with E-state index in [2.05, 4.69) is 32.2 Å². The van der Waals surface area contributed by atoms with E-state index in [4.69, 9.17) is 4.52 Å². The number of hydrogen-bond donors (Lipinski definition) is 1. The van der Waals surface area contributed by atoms with Gasteiger partial charge in [-0.15, -0.1) is 10.2 Å². The highest BCUT2D eigenvalue weighted by Crippen LogP contribution is 2.19. The third-order valence-corrected chi connectivity index (χ3v) is 4.48. The van der Waals surface area contributed by atoms with Gasteiger partial charge in [-0.2, -0.15) is 0 Å². The molecule has 1 N–H and O–H groups in total. The van der Waals surface area contributed by atoms with Gasteiger partial charge < -0.3 is 14.4 Å². The molecule has 3 heterocycles. The maximum atomic E-state index is 12.5. The fourth-order valence-corrected chi connectivity index (χ4v) is 3.15. The van der Waals surface area contributed by atoms with Crippen molar-refractivity contribution in [3.8, 4) is 11.3 Å². The predicted octanol–water partition coefficient (Wildman–Crippen LogP) is 2.24. The van der Waals surface area contributed by atoms with Crippen molar-refractivity contribution >= 4 is 5.91 Å². The van der Waals surface area contributed by atoms with E-state index in [0.29, 0.717) is 12.2 Å². The first-order valence-corrected chi connectivity index (χ1v) is 8.48. The fourth-order valence-electron chi connectivity index (χ4n) is 3.15. The van der Waals surface area contributed by atoms with Gasteiger partial charge >= 0.3 is 0 Å². The number of fused-ring (bicyclic) bond motifs is 1. The van der Waals surface area contributed by atoms with Crippen molar-refractivity contribution in [1.82, 2.24) is 25.2 Å². The van der Waals surface area contributed by atoms with Gasteiger partial charge in [0.1, 0.15) is 17.3 Å². The van der Waals surface area contributed by atoms with Gasteiger partial charge in [0, 0.05) is 37.1 Å². The van der Waals surface area contributed by atoms with E-state index < -0.39 is 0 Å². The summed E-state index contributed by atoms with van der Waals surface area (Å²) < 4.78 is 7.33. The third-order valence-electron chi connectivity index (χ3n) is 4.48. The SMILES string of the molecule is CCc1nnc2n1C[C@H](NC(=O)c1cc(-c3ccccc3)no1)CC2. The molecule has 0 unspecified atom stereocenters. The molecule has 0 saturated carbocycles. The Labute approximate surface area is 145 Å². The second kappa shape index (κ2) is 6.51. The van der Waals surface area contributed by atoms with E-state index in [1.807, 2.05) is 30.3 Å². The lowest BCUT2D eigenvalue weighted by molar-refractivity contribution is 0.0890. The average Bonchev–Trinajstić information content (AvgIpc) is 3.29. The Hall–Kier alpha value is -2.96. The van der Waals surface area contributed by atoms with E-state index >= 15 is 0 Å². The Balaban J connectivity index is 1.45. The molecular weight excluding hydrogens is 318 g/mol. The molecule has 0 radical (unpaired) electrons. The number of hydrogen-bond acceptors (Lipinski definition) is 5. The van der Waals surface area contributed by atoms with Crippen molar-refractivity contribution in [1.29, 1.82) is 0 Å². The summed E-state index contributed by atoms with van der Waals surface area (Å²) in [7, 11) is 0. The summed E-state index contributed by atoms with van der Waals surface area (Å²) in [4.78, 5) is 12.5. The van der Waals surface area contributed by atoms with Gasteiger partial charge in [-0.1, -0.05) is 42.4 Å². The minimum Gasteiger partial charge on any atom is -0.350 e. The molecular formula is C18H19N5O2. The predicted molar refractivity (Wildman–Crippen MR) is 90.9 cm³/mol. The molecule has 0 saturated heterocycles. The summed E-state index contributed by atoms with van der Waals surface area (Å²) in [5.41, 5.74) is 1.58. The molecule has 1 aliphatic heterocycles. The number of aromatic nitrogens is 4. The number of amides is 1. The summed E-state index contributed by atoms with van der Waals surface area (Å²) in [5, 5.41) is 15.4. The maximum absolute atomic E-state index is 12.5. The number of nitrogens with zero attached hydrogens (tertiary/aromatic N) is 4. The van der Waals surface area contributed by atoms with E-state index in [1.54, 1.807) is 6.07 Å². The monoisotopic (exact) mass is 337 g/mol. The quantitative estimate of drug-likeness (QED) is 0.789. The number of carbonyl (C=O) groups is 1. The van der Waals surface area contributed by atoms with Crippen LogP contribution in [0.2, 0.25) is 0 Å². The number of aryl methyl sites for hydroxylation is 2. The molecule has 1 atom stereocenters. The lowest BCUT2D eigenvalue weighted by atomic mass is 10.1. The highest BCUT2D eigenvalue weighted by molar-refractivity contribution is 5.92. The highest BCUT2D eigenvalue weighted by atomic mass is 16.5. The van der Waals surface area contributed by atoms with Gasteiger partial charge in [0.15, 0.2) is 0 Å². The van der Waals surface area contributed by atoms with Crippen LogP contribution in [0.1, 0.15) is 35.5 Å². The molecule has 0 spiro atoms. The van der Waals surface area contributed by atoms with Gasteiger partial charge in [-0.25, -0.2) is 0 Å². The largest absolute Gasteiger partial charge is 0.350 e. The van der Waals surface area contributed by atoms with Crippen molar-refractivity contribution in [2.24, 2.45) is 0 Å². The molecule has 128 valence electrons. The molecule has 0 fully saturated rings. The van der Waals surface area contributed by atoms with Gasteiger partial charge in [-0.05, 0) is 6.42 Å². The molecule has 1 aromatic carbocycles. The lowest BCUT2D eigenvalue weighted by Crippen LogP contribution is -2.41. The van der Waals surface area contributed by atoms with Gasteiger partial charge in [0.25, 0.3) is 5.91 Å². The van der Waals surface area contributed by atoms with Crippen LogP contribution in [-0.2, 0) is 19.4 Å². The zero-order valence-corrected chi connectivity index (χ0v) is 14.0. The van der Waals surface area contributed by atoms with Crippen LogP contribution in [0.25, 0.3) is 11.3 Å². The van der Waals surface area contributed by atoms with Gasteiger partial charge in [0.05, 0.1) is 0 Å².